The van der Waals surface area contributed by atoms with Gasteiger partial charge in [0.25, 0.3) is 5.56 Å². The molecule has 2 N–H and O–H groups in total. The van der Waals surface area contributed by atoms with Crippen LogP contribution in [0.25, 0.3) is 11.1 Å². The normalized spacial score (nSPS) is 10.7. The van der Waals surface area contributed by atoms with E-state index in [2.05, 4.69) is 13.0 Å². The van der Waals surface area contributed by atoms with Crippen molar-refractivity contribution in [2.24, 2.45) is 12.8 Å². The molecule has 0 saturated heterocycles. The standard InChI is InChI=1S/C17H22N2O2/c1-5-12-7-13(8-16(21-4)15(12)9-18)14-6-11(2)17(20)19(3)10-14/h6-8,10H,5,9,18H2,1-4H3. The van der Waals surface area contributed by atoms with Crippen LogP contribution in [0.2, 0.25) is 0 Å². The number of ether oxygens (including phenoxy) is 1. The third kappa shape index (κ3) is 2.85. The van der Waals surface area contributed by atoms with Crippen LogP contribution in [0.15, 0.2) is 29.2 Å². The molecule has 1 aromatic carbocycles. The smallest absolute Gasteiger partial charge is 0.253 e. The first kappa shape index (κ1) is 15.3. The summed E-state index contributed by atoms with van der Waals surface area (Å²) in [5.41, 5.74) is 10.9. The molecule has 0 aliphatic heterocycles. The Morgan fingerprint density at radius 3 is 2.48 bits per heavy atom. The summed E-state index contributed by atoms with van der Waals surface area (Å²) in [4.78, 5) is 11.8. The molecule has 0 atom stereocenters. The first-order valence-corrected chi connectivity index (χ1v) is 7.09. The van der Waals surface area contributed by atoms with Crippen LogP contribution in [-0.2, 0) is 20.0 Å². The van der Waals surface area contributed by atoms with Crippen molar-refractivity contribution in [2.45, 2.75) is 26.8 Å². The number of methoxy groups -OCH3 is 1. The summed E-state index contributed by atoms with van der Waals surface area (Å²) in [6.45, 7) is 4.39. The van der Waals surface area contributed by atoms with E-state index in [1.54, 1.807) is 18.7 Å². The Morgan fingerprint density at radius 2 is 1.95 bits per heavy atom. The van der Waals surface area contributed by atoms with Gasteiger partial charge in [0.2, 0.25) is 0 Å². The van der Waals surface area contributed by atoms with Gasteiger partial charge in [0.05, 0.1) is 7.11 Å². The Labute approximate surface area is 125 Å². The van der Waals surface area contributed by atoms with Gasteiger partial charge < -0.3 is 15.0 Å². The number of nitrogens with two attached hydrogens (primary N) is 1. The summed E-state index contributed by atoms with van der Waals surface area (Å²) >= 11 is 0. The predicted molar refractivity (Wildman–Crippen MR) is 85.7 cm³/mol. The summed E-state index contributed by atoms with van der Waals surface area (Å²) in [7, 11) is 3.43. The fourth-order valence-corrected chi connectivity index (χ4v) is 2.63. The fourth-order valence-electron chi connectivity index (χ4n) is 2.63. The molecule has 2 rings (SSSR count). The Hall–Kier alpha value is -2.07. The molecule has 0 aliphatic rings. The maximum atomic E-state index is 11.8. The molecular formula is C17H22N2O2. The van der Waals surface area contributed by atoms with Crippen LogP contribution in [0.5, 0.6) is 5.75 Å². The molecule has 0 radical (unpaired) electrons. The number of benzene rings is 1. The Morgan fingerprint density at radius 1 is 1.24 bits per heavy atom. The lowest BCUT2D eigenvalue weighted by atomic mass is 9.97. The molecule has 112 valence electrons. The lowest BCUT2D eigenvalue weighted by Crippen LogP contribution is -2.18. The second kappa shape index (κ2) is 6.14. The maximum Gasteiger partial charge on any atom is 0.253 e. The lowest BCUT2D eigenvalue weighted by Gasteiger charge is -2.15. The van der Waals surface area contributed by atoms with Crippen molar-refractivity contribution in [2.75, 3.05) is 7.11 Å². The van der Waals surface area contributed by atoms with E-state index in [0.29, 0.717) is 6.54 Å². The van der Waals surface area contributed by atoms with Crippen LogP contribution in [-0.4, -0.2) is 11.7 Å². The van der Waals surface area contributed by atoms with Crippen LogP contribution in [0.3, 0.4) is 0 Å². The van der Waals surface area contributed by atoms with Crippen LogP contribution >= 0.6 is 0 Å². The van der Waals surface area contributed by atoms with Crippen molar-refractivity contribution in [1.82, 2.24) is 4.57 Å². The highest BCUT2D eigenvalue weighted by molar-refractivity contribution is 5.67. The Bertz CT molecular complexity index is 666. The van der Waals surface area contributed by atoms with Crippen LogP contribution in [0, 0.1) is 6.92 Å². The molecule has 1 heterocycles. The summed E-state index contributed by atoms with van der Waals surface area (Å²) in [6, 6.07) is 6.03. The maximum absolute atomic E-state index is 11.8. The monoisotopic (exact) mass is 286 g/mol. The molecule has 0 saturated carbocycles. The molecule has 21 heavy (non-hydrogen) atoms. The average Bonchev–Trinajstić information content (AvgIpc) is 2.50. The van der Waals surface area contributed by atoms with Crippen molar-refractivity contribution in [3.05, 3.63) is 51.4 Å². The highest BCUT2D eigenvalue weighted by atomic mass is 16.5. The van der Waals surface area contributed by atoms with E-state index in [-0.39, 0.29) is 5.56 Å². The van der Waals surface area contributed by atoms with Gasteiger partial charge in [-0.15, -0.1) is 0 Å². The number of aryl methyl sites for hydroxylation is 3. The minimum Gasteiger partial charge on any atom is -0.496 e. The molecule has 0 aliphatic carbocycles. The minimum atomic E-state index is 0.0278. The Balaban J connectivity index is 2.67. The van der Waals surface area contributed by atoms with Crippen molar-refractivity contribution in [1.29, 1.82) is 0 Å². The highest BCUT2D eigenvalue weighted by Crippen LogP contribution is 2.30. The van der Waals surface area contributed by atoms with E-state index in [0.717, 1.165) is 34.4 Å². The second-order valence-electron chi connectivity index (χ2n) is 5.20. The van der Waals surface area contributed by atoms with Gasteiger partial charge in [-0.1, -0.05) is 13.0 Å². The first-order chi connectivity index (χ1) is 10.0. The fraction of sp³-hybridized carbons (Fsp3) is 0.353. The van der Waals surface area contributed by atoms with Gasteiger partial charge >= 0.3 is 0 Å². The first-order valence-electron chi connectivity index (χ1n) is 7.09. The van der Waals surface area contributed by atoms with Gasteiger partial charge in [0.15, 0.2) is 0 Å². The zero-order valence-electron chi connectivity index (χ0n) is 13.1. The highest BCUT2D eigenvalue weighted by Gasteiger charge is 2.11. The number of hydrogen-bond acceptors (Lipinski definition) is 3. The average molecular weight is 286 g/mol. The van der Waals surface area contributed by atoms with Gasteiger partial charge in [-0.05, 0) is 42.2 Å². The van der Waals surface area contributed by atoms with E-state index in [1.165, 1.54) is 5.56 Å². The molecule has 4 nitrogen and oxygen atoms in total. The van der Waals surface area contributed by atoms with Crippen molar-refractivity contribution >= 4 is 0 Å². The third-order valence-corrected chi connectivity index (χ3v) is 3.80. The van der Waals surface area contributed by atoms with E-state index in [4.69, 9.17) is 10.5 Å². The molecule has 0 spiro atoms. The molecular weight excluding hydrogens is 264 g/mol. The second-order valence-corrected chi connectivity index (χ2v) is 5.20. The van der Waals surface area contributed by atoms with Crippen LogP contribution in [0.4, 0.5) is 0 Å². The molecule has 0 unspecified atom stereocenters. The Kier molecular flexibility index (Phi) is 4.48. The number of aromatic nitrogens is 1. The lowest BCUT2D eigenvalue weighted by molar-refractivity contribution is 0.409. The number of hydrogen-bond donors (Lipinski definition) is 1. The summed E-state index contributed by atoms with van der Waals surface area (Å²) < 4.78 is 7.09. The predicted octanol–water partition coefficient (Wildman–Crippen LogP) is 2.39. The van der Waals surface area contributed by atoms with Crippen molar-refractivity contribution < 1.29 is 4.74 Å². The summed E-state index contributed by atoms with van der Waals surface area (Å²) in [5.74, 6) is 0.804. The summed E-state index contributed by atoms with van der Waals surface area (Å²) in [6.07, 6.45) is 2.74. The van der Waals surface area contributed by atoms with Crippen LogP contribution in [0.1, 0.15) is 23.6 Å². The zero-order chi connectivity index (χ0) is 15.6. The van der Waals surface area contributed by atoms with Gasteiger partial charge in [-0.2, -0.15) is 0 Å². The number of nitrogens with zero attached hydrogens (tertiary/aromatic N) is 1. The molecule has 0 bridgehead atoms. The van der Waals surface area contributed by atoms with E-state index in [9.17, 15) is 4.79 Å². The van der Waals surface area contributed by atoms with Crippen molar-refractivity contribution in [3.63, 3.8) is 0 Å². The van der Waals surface area contributed by atoms with E-state index in [1.807, 2.05) is 25.3 Å². The van der Waals surface area contributed by atoms with E-state index >= 15 is 0 Å². The number of rotatable bonds is 4. The van der Waals surface area contributed by atoms with Crippen LogP contribution < -0.4 is 16.0 Å². The number of pyridine rings is 1. The molecule has 2 aromatic rings. The molecule has 1 aromatic heterocycles. The third-order valence-electron chi connectivity index (χ3n) is 3.80. The molecule has 0 fully saturated rings. The van der Waals surface area contributed by atoms with Gasteiger partial charge in [0, 0.05) is 30.9 Å². The van der Waals surface area contributed by atoms with Gasteiger partial charge in [-0.3, -0.25) is 4.79 Å². The SMILES string of the molecule is CCc1cc(-c2cc(C)c(=O)n(C)c2)cc(OC)c1CN. The van der Waals surface area contributed by atoms with Gasteiger partial charge in [-0.25, -0.2) is 0 Å². The largest absolute Gasteiger partial charge is 0.496 e. The quantitative estimate of drug-likeness (QED) is 0.939. The summed E-state index contributed by atoms with van der Waals surface area (Å²) in [5, 5.41) is 0. The minimum absolute atomic E-state index is 0.0278. The molecule has 4 heteroatoms. The van der Waals surface area contributed by atoms with E-state index < -0.39 is 0 Å². The molecule has 0 amide bonds. The van der Waals surface area contributed by atoms with Crippen molar-refractivity contribution in [3.8, 4) is 16.9 Å². The zero-order valence-corrected chi connectivity index (χ0v) is 13.1. The topological polar surface area (TPSA) is 57.2 Å². The van der Waals surface area contributed by atoms with Gasteiger partial charge in [0.1, 0.15) is 5.75 Å².